The van der Waals surface area contributed by atoms with Gasteiger partial charge in [-0.1, -0.05) is 12.1 Å². The van der Waals surface area contributed by atoms with Gasteiger partial charge in [-0.05, 0) is 61.9 Å². The summed E-state index contributed by atoms with van der Waals surface area (Å²) in [5, 5.41) is 5.83. The molecule has 4 nitrogen and oxygen atoms in total. The van der Waals surface area contributed by atoms with Crippen LogP contribution < -0.4 is 10.1 Å². The molecule has 1 amide bonds. The standard InChI is InChI=1S/C20H22N2O2S2/c1-13-6-7-16(11-14(13)2)24-12-18-22-15(3)19(26-18)20(23)21-9-8-17-5-4-10-25-17/h4-7,10-11H,8-9,12H2,1-3H3,(H,21,23). The third-order valence-electron chi connectivity index (χ3n) is 4.12. The van der Waals surface area contributed by atoms with Gasteiger partial charge in [-0.2, -0.15) is 0 Å². The molecule has 0 radical (unpaired) electrons. The van der Waals surface area contributed by atoms with Gasteiger partial charge in [-0.15, -0.1) is 22.7 Å². The van der Waals surface area contributed by atoms with E-state index in [0.717, 1.165) is 22.9 Å². The minimum absolute atomic E-state index is 0.0611. The van der Waals surface area contributed by atoms with Gasteiger partial charge in [0.2, 0.25) is 0 Å². The molecule has 136 valence electrons. The molecule has 0 aliphatic rings. The minimum Gasteiger partial charge on any atom is -0.486 e. The number of carbonyl (C=O) groups is 1. The zero-order valence-electron chi connectivity index (χ0n) is 15.2. The SMILES string of the molecule is Cc1ccc(OCc2nc(C)c(C(=O)NCCc3cccs3)s2)cc1C. The van der Waals surface area contributed by atoms with Gasteiger partial charge in [0.05, 0.1) is 5.69 Å². The zero-order valence-corrected chi connectivity index (χ0v) is 16.8. The highest BCUT2D eigenvalue weighted by Gasteiger charge is 2.15. The number of hydrogen-bond donors (Lipinski definition) is 1. The summed E-state index contributed by atoms with van der Waals surface area (Å²) < 4.78 is 5.82. The van der Waals surface area contributed by atoms with Crippen molar-refractivity contribution in [3.63, 3.8) is 0 Å². The van der Waals surface area contributed by atoms with Gasteiger partial charge >= 0.3 is 0 Å². The van der Waals surface area contributed by atoms with Crippen molar-refractivity contribution in [2.75, 3.05) is 6.54 Å². The van der Waals surface area contributed by atoms with E-state index >= 15 is 0 Å². The molecule has 0 fully saturated rings. The molecule has 0 unspecified atom stereocenters. The van der Waals surface area contributed by atoms with E-state index in [4.69, 9.17) is 4.74 Å². The maximum absolute atomic E-state index is 12.4. The van der Waals surface area contributed by atoms with Crippen LogP contribution in [-0.4, -0.2) is 17.4 Å². The van der Waals surface area contributed by atoms with Gasteiger partial charge < -0.3 is 10.1 Å². The second-order valence-electron chi connectivity index (χ2n) is 6.14. The monoisotopic (exact) mass is 386 g/mol. The second kappa shape index (κ2) is 8.47. The Kier molecular flexibility index (Phi) is 6.06. The van der Waals surface area contributed by atoms with Crippen LogP contribution in [0.3, 0.4) is 0 Å². The summed E-state index contributed by atoms with van der Waals surface area (Å²) in [5.41, 5.74) is 3.19. The number of thiazole rings is 1. The first kappa shape index (κ1) is 18.6. The zero-order chi connectivity index (χ0) is 18.5. The molecular weight excluding hydrogens is 364 g/mol. The van der Waals surface area contributed by atoms with Crippen molar-refractivity contribution in [1.29, 1.82) is 0 Å². The van der Waals surface area contributed by atoms with Gasteiger partial charge in [-0.3, -0.25) is 4.79 Å². The van der Waals surface area contributed by atoms with Crippen LogP contribution >= 0.6 is 22.7 Å². The maximum atomic E-state index is 12.4. The smallest absolute Gasteiger partial charge is 0.263 e. The van der Waals surface area contributed by atoms with Crippen molar-refractivity contribution in [2.45, 2.75) is 33.8 Å². The number of thiophene rings is 1. The predicted octanol–water partition coefficient (Wildman–Crippen LogP) is 4.68. The summed E-state index contributed by atoms with van der Waals surface area (Å²) in [4.78, 5) is 18.8. The average Bonchev–Trinajstić information content (AvgIpc) is 3.25. The summed E-state index contributed by atoms with van der Waals surface area (Å²) in [5.74, 6) is 0.761. The van der Waals surface area contributed by atoms with Gasteiger partial charge in [0.15, 0.2) is 0 Å². The molecule has 3 rings (SSSR count). The van der Waals surface area contributed by atoms with Gasteiger partial charge in [0.25, 0.3) is 5.91 Å². The molecule has 0 bridgehead atoms. The van der Waals surface area contributed by atoms with E-state index in [1.165, 1.54) is 27.3 Å². The summed E-state index contributed by atoms with van der Waals surface area (Å²) in [7, 11) is 0. The molecule has 0 spiro atoms. The third kappa shape index (κ3) is 4.71. The van der Waals surface area contributed by atoms with Crippen molar-refractivity contribution >= 4 is 28.6 Å². The summed E-state index contributed by atoms with van der Waals surface area (Å²) in [6, 6.07) is 10.1. The number of amides is 1. The lowest BCUT2D eigenvalue weighted by Crippen LogP contribution is -2.25. The maximum Gasteiger partial charge on any atom is 0.263 e. The summed E-state index contributed by atoms with van der Waals surface area (Å²) in [6.45, 7) is 7.01. The van der Waals surface area contributed by atoms with E-state index in [0.29, 0.717) is 18.0 Å². The first-order valence-electron chi connectivity index (χ1n) is 8.50. The highest BCUT2D eigenvalue weighted by molar-refractivity contribution is 7.13. The fourth-order valence-electron chi connectivity index (χ4n) is 2.51. The van der Waals surface area contributed by atoms with Gasteiger partial charge in [0, 0.05) is 11.4 Å². The van der Waals surface area contributed by atoms with Crippen LogP contribution in [-0.2, 0) is 13.0 Å². The molecular formula is C20H22N2O2S2. The Labute approximate surface area is 161 Å². The number of carbonyl (C=O) groups excluding carboxylic acids is 1. The molecule has 0 atom stereocenters. The van der Waals surface area contributed by atoms with Gasteiger partial charge in [0.1, 0.15) is 22.2 Å². The Morgan fingerprint density at radius 3 is 2.77 bits per heavy atom. The molecule has 6 heteroatoms. The topological polar surface area (TPSA) is 51.2 Å². The minimum atomic E-state index is -0.0611. The van der Waals surface area contributed by atoms with Crippen LogP contribution in [0.1, 0.15) is 36.4 Å². The van der Waals surface area contributed by atoms with E-state index < -0.39 is 0 Å². The van der Waals surface area contributed by atoms with Crippen LogP contribution in [0.2, 0.25) is 0 Å². The number of aromatic nitrogens is 1. The number of nitrogens with one attached hydrogen (secondary N) is 1. The molecule has 1 N–H and O–H groups in total. The van der Waals surface area contributed by atoms with Crippen LogP contribution in [0, 0.1) is 20.8 Å². The Morgan fingerprint density at radius 1 is 1.19 bits per heavy atom. The first-order valence-corrected chi connectivity index (χ1v) is 10.2. The van der Waals surface area contributed by atoms with Crippen molar-refractivity contribution in [1.82, 2.24) is 10.3 Å². The molecule has 0 saturated carbocycles. The first-order chi connectivity index (χ1) is 12.5. The van der Waals surface area contributed by atoms with E-state index in [1.54, 1.807) is 11.3 Å². The highest BCUT2D eigenvalue weighted by atomic mass is 32.1. The van der Waals surface area contributed by atoms with Gasteiger partial charge in [-0.25, -0.2) is 4.98 Å². The quantitative estimate of drug-likeness (QED) is 0.641. The van der Waals surface area contributed by atoms with Crippen molar-refractivity contribution in [2.24, 2.45) is 0 Å². The molecule has 0 aliphatic heterocycles. The summed E-state index contributed by atoms with van der Waals surface area (Å²) in [6.07, 6.45) is 0.851. The predicted molar refractivity (Wildman–Crippen MR) is 107 cm³/mol. The van der Waals surface area contributed by atoms with E-state index in [2.05, 4.69) is 30.2 Å². The van der Waals surface area contributed by atoms with Crippen molar-refractivity contribution < 1.29 is 9.53 Å². The van der Waals surface area contributed by atoms with Crippen molar-refractivity contribution in [3.05, 3.63) is 67.3 Å². The molecule has 0 aliphatic carbocycles. The Hall–Kier alpha value is -2.18. The second-order valence-corrected chi connectivity index (χ2v) is 8.26. The average molecular weight is 387 g/mol. The highest BCUT2D eigenvalue weighted by Crippen LogP contribution is 2.22. The fourth-order valence-corrected chi connectivity index (χ4v) is 4.11. The lowest BCUT2D eigenvalue weighted by Gasteiger charge is -2.06. The van der Waals surface area contributed by atoms with Crippen molar-refractivity contribution in [3.8, 4) is 5.75 Å². The molecule has 1 aromatic carbocycles. The number of rotatable bonds is 7. The number of ether oxygens (including phenoxy) is 1. The van der Waals surface area contributed by atoms with E-state index in [-0.39, 0.29) is 5.91 Å². The Balaban J connectivity index is 1.55. The molecule has 3 aromatic rings. The van der Waals surface area contributed by atoms with Crippen LogP contribution in [0.4, 0.5) is 0 Å². The summed E-state index contributed by atoms with van der Waals surface area (Å²) >= 11 is 3.10. The normalized spacial score (nSPS) is 10.7. The van der Waals surface area contributed by atoms with Crippen LogP contribution in [0.5, 0.6) is 5.75 Å². The molecule has 26 heavy (non-hydrogen) atoms. The van der Waals surface area contributed by atoms with E-state index in [1.807, 2.05) is 36.6 Å². The Morgan fingerprint density at radius 2 is 2.04 bits per heavy atom. The largest absolute Gasteiger partial charge is 0.486 e. The number of aryl methyl sites for hydroxylation is 3. The lowest BCUT2D eigenvalue weighted by molar-refractivity contribution is 0.0957. The van der Waals surface area contributed by atoms with E-state index in [9.17, 15) is 4.79 Å². The molecule has 0 saturated heterocycles. The third-order valence-corrected chi connectivity index (χ3v) is 6.19. The number of hydrogen-bond acceptors (Lipinski definition) is 5. The lowest BCUT2D eigenvalue weighted by atomic mass is 10.1. The van der Waals surface area contributed by atoms with Crippen LogP contribution in [0.25, 0.3) is 0 Å². The molecule has 2 aromatic heterocycles. The number of nitrogens with zero attached hydrogens (tertiary/aromatic N) is 1. The molecule has 2 heterocycles. The van der Waals surface area contributed by atoms with Crippen LogP contribution in [0.15, 0.2) is 35.7 Å². The number of benzene rings is 1. The fraction of sp³-hybridized carbons (Fsp3) is 0.300. The Bertz CT molecular complexity index is 885.